The van der Waals surface area contributed by atoms with Gasteiger partial charge in [-0.25, -0.2) is 0 Å². The van der Waals surface area contributed by atoms with E-state index in [0.717, 1.165) is 57.3 Å². The van der Waals surface area contributed by atoms with Crippen LogP contribution in [0.3, 0.4) is 0 Å². The Morgan fingerprint density at radius 2 is 1.79 bits per heavy atom. The first-order valence-corrected chi connectivity index (χ1v) is 10.7. The van der Waals surface area contributed by atoms with Crippen LogP contribution in [0.4, 0.5) is 0 Å². The summed E-state index contributed by atoms with van der Waals surface area (Å²) in [6.07, 6.45) is 8.42. The van der Waals surface area contributed by atoms with Gasteiger partial charge in [0, 0.05) is 38.1 Å². The zero-order valence-corrected chi connectivity index (χ0v) is 16.7. The number of pyridine rings is 1. The number of rotatable bonds is 3. The van der Waals surface area contributed by atoms with Crippen LogP contribution in [0.15, 0.2) is 54.9 Å². The zero-order chi connectivity index (χ0) is 19.8. The van der Waals surface area contributed by atoms with E-state index in [9.17, 15) is 9.59 Å². The summed E-state index contributed by atoms with van der Waals surface area (Å²) < 4.78 is 0. The molecule has 0 radical (unpaired) electrons. The minimum absolute atomic E-state index is 0.0499. The second-order valence-corrected chi connectivity index (χ2v) is 8.90. The maximum atomic E-state index is 13.2. The van der Waals surface area contributed by atoms with Crippen LogP contribution >= 0.6 is 0 Å². The van der Waals surface area contributed by atoms with Crippen LogP contribution in [0.5, 0.6) is 0 Å². The van der Waals surface area contributed by atoms with Crippen molar-refractivity contribution in [3.8, 4) is 0 Å². The Morgan fingerprint density at radius 3 is 2.45 bits per heavy atom. The van der Waals surface area contributed by atoms with Gasteiger partial charge in [0.15, 0.2) is 0 Å². The zero-order valence-electron chi connectivity index (χ0n) is 16.7. The average Bonchev–Trinajstić information content (AvgIpc) is 3.62. The van der Waals surface area contributed by atoms with Crippen molar-refractivity contribution >= 4 is 11.8 Å². The van der Waals surface area contributed by atoms with E-state index in [1.165, 1.54) is 0 Å². The van der Waals surface area contributed by atoms with Gasteiger partial charge in [-0.1, -0.05) is 30.3 Å². The van der Waals surface area contributed by atoms with Crippen molar-refractivity contribution in [1.29, 1.82) is 0 Å². The molecule has 1 saturated carbocycles. The van der Waals surface area contributed by atoms with Gasteiger partial charge in [-0.05, 0) is 55.2 Å². The Kier molecular flexibility index (Phi) is 4.61. The maximum absolute atomic E-state index is 13.2. The van der Waals surface area contributed by atoms with Crippen molar-refractivity contribution in [3.05, 3.63) is 66.0 Å². The quantitative estimate of drug-likeness (QED) is 0.808. The van der Waals surface area contributed by atoms with Gasteiger partial charge < -0.3 is 9.80 Å². The third-order valence-electron chi connectivity index (χ3n) is 6.93. The largest absolute Gasteiger partial charge is 0.339 e. The second-order valence-electron chi connectivity index (χ2n) is 8.90. The van der Waals surface area contributed by atoms with Crippen LogP contribution < -0.4 is 0 Å². The number of likely N-dealkylation sites (tertiary alicyclic amines) is 2. The van der Waals surface area contributed by atoms with Crippen LogP contribution in [0, 0.1) is 5.41 Å². The van der Waals surface area contributed by atoms with Crippen molar-refractivity contribution in [2.24, 2.45) is 5.41 Å². The van der Waals surface area contributed by atoms with E-state index in [-0.39, 0.29) is 17.2 Å². The lowest BCUT2D eigenvalue weighted by Crippen LogP contribution is -2.55. The number of benzene rings is 1. The molecule has 3 fully saturated rings. The van der Waals surface area contributed by atoms with Crippen LogP contribution in [-0.2, 0) is 4.79 Å². The molecule has 1 aliphatic carbocycles. The summed E-state index contributed by atoms with van der Waals surface area (Å²) in [6, 6.07) is 14.3. The minimum Gasteiger partial charge on any atom is -0.339 e. The lowest BCUT2D eigenvalue weighted by atomic mass is 9.67. The van der Waals surface area contributed by atoms with E-state index in [4.69, 9.17) is 0 Å². The van der Waals surface area contributed by atoms with E-state index in [1.54, 1.807) is 12.4 Å². The van der Waals surface area contributed by atoms with Crippen molar-refractivity contribution in [1.82, 2.24) is 14.8 Å². The van der Waals surface area contributed by atoms with Crippen molar-refractivity contribution in [3.63, 3.8) is 0 Å². The van der Waals surface area contributed by atoms with E-state index in [0.29, 0.717) is 17.5 Å². The van der Waals surface area contributed by atoms with Gasteiger partial charge in [-0.2, -0.15) is 0 Å². The van der Waals surface area contributed by atoms with Crippen LogP contribution in [0.2, 0.25) is 0 Å². The number of aromatic nitrogens is 1. The van der Waals surface area contributed by atoms with E-state index in [2.05, 4.69) is 22.0 Å². The van der Waals surface area contributed by atoms with Crippen molar-refractivity contribution < 1.29 is 9.59 Å². The standard InChI is InChI=1S/C24H27N3O2/c28-22(19-7-4-12-25-16-19)26-13-10-24(11-14-26)15-21(18-5-2-1-3-6-18)23(29)27(17-24)20-8-9-20/h1-7,12,16,20-21H,8-11,13-15,17H2/t21-/m0/s1. The molecule has 2 amide bonds. The van der Waals surface area contributed by atoms with Crippen molar-refractivity contribution in [2.75, 3.05) is 19.6 Å². The smallest absolute Gasteiger partial charge is 0.255 e. The normalized spacial score (nSPS) is 24.0. The molecular formula is C24H27N3O2. The predicted molar refractivity (Wildman–Crippen MR) is 110 cm³/mol. The number of piperidine rings is 2. The number of carbonyl (C=O) groups excluding carboxylic acids is 2. The summed E-state index contributed by atoms with van der Waals surface area (Å²) in [5, 5.41) is 0. The Hall–Kier alpha value is -2.69. The average molecular weight is 389 g/mol. The summed E-state index contributed by atoms with van der Waals surface area (Å²) in [6.45, 7) is 2.36. The second kappa shape index (κ2) is 7.29. The van der Waals surface area contributed by atoms with Crippen molar-refractivity contribution in [2.45, 2.75) is 44.1 Å². The molecule has 1 atom stereocenters. The topological polar surface area (TPSA) is 53.5 Å². The molecule has 3 aliphatic rings. The molecule has 5 nitrogen and oxygen atoms in total. The SMILES string of the molecule is O=C(c1cccnc1)N1CCC2(CC1)C[C@@H](c1ccccc1)C(=O)N(C1CC1)C2. The van der Waals surface area contributed by atoms with Crippen LogP contribution in [0.25, 0.3) is 0 Å². The van der Waals surface area contributed by atoms with Gasteiger partial charge in [0.05, 0.1) is 11.5 Å². The Balaban J connectivity index is 1.35. The summed E-state index contributed by atoms with van der Waals surface area (Å²) >= 11 is 0. The Labute approximate surface area is 171 Å². The lowest BCUT2D eigenvalue weighted by Gasteiger charge is -2.50. The highest BCUT2D eigenvalue weighted by molar-refractivity contribution is 5.94. The first-order valence-electron chi connectivity index (χ1n) is 10.7. The summed E-state index contributed by atoms with van der Waals surface area (Å²) in [5.41, 5.74) is 1.91. The van der Waals surface area contributed by atoms with E-state index >= 15 is 0 Å². The van der Waals surface area contributed by atoms with E-state index < -0.39 is 0 Å². The molecule has 5 rings (SSSR count). The lowest BCUT2D eigenvalue weighted by molar-refractivity contribution is -0.142. The molecule has 2 saturated heterocycles. The summed E-state index contributed by atoms with van der Waals surface area (Å²) in [4.78, 5) is 34.3. The van der Waals surface area contributed by atoms with Gasteiger partial charge in [-0.15, -0.1) is 0 Å². The molecule has 150 valence electrons. The Morgan fingerprint density at radius 1 is 1.03 bits per heavy atom. The third kappa shape index (κ3) is 3.54. The monoisotopic (exact) mass is 389 g/mol. The number of carbonyl (C=O) groups is 2. The highest BCUT2D eigenvalue weighted by atomic mass is 16.2. The molecule has 0 bridgehead atoms. The van der Waals surface area contributed by atoms with Gasteiger partial charge >= 0.3 is 0 Å². The maximum Gasteiger partial charge on any atom is 0.255 e. The first kappa shape index (κ1) is 18.3. The van der Waals surface area contributed by atoms with Gasteiger partial charge in [0.25, 0.3) is 5.91 Å². The van der Waals surface area contributed by atoms with Gasteiger partial charge in [-0.3, -0.25) is 14.6 Å². The summed E-state index contributed by atoms with van der Waals surface area (Å²) in [5.74, 6) is 0.322. The molecule has 1 spiro atoms. The number of hydrogen-bond donors (Lipinski definition) is 0. The minimum atomic E-state index is -0.0499. The van der Waals surface area contributed by atoms with Gasteiger partial charge in [0.2, 0.25) is 5.91 Å². The van der Waals surface area contributed by atoms with Crippen LogP contribution in [-0.4, -0.2) is 52.3 Å². The molecule has 1 aromatic carbocycles. The van der Waals surface area contributed by atoms with Crippen LogP contribution in [0.1, 0.15) is 53.9 Å². The molecule has 29 heavy (non-hydrogen) atoms. The van der Waals surface area contributed by atoms with Gasteiger partial charge in [0.1, 0.15) is 0 Å². The molecule has 1 aromatic heterocycles. The molecule has 0 unspecified atom stereocenters. The molecule has 3 heterocycles. The highest BCUT2D eigenvalue weighted by Gasteiger charge is 2.49. The fourth-order valence-corrected chi connectivity index (χ4v) is 5.08. The predicted octanol–water partition coefficient (Wildman–Crippen LogP) is 3.48. The molecule has 2 aliphatic heterocycles. The fourth-order valence-electron chi connectivity index (χ4n) is 5.08. The number of hydrogen-bond acceptors (Lipinski definition) is 3. The number of nitrogens with zero attached hydrogens (tertiary/aromatic N) is 3. The highest BCUT2D eigenvalue weighted by Crippen LogP contribution is 2.48. The fraction of sp³-hybridized carbons (Fsp3) is 0.458. The molecule has 5 heteroatoms. The first-order chi connectivity index (χ1) is 14.2. The van der Waals surface area contributed by atoms with E-state index in [1.807, 2.05) is 35.2 Å². The molecular weight excluding hydrogens is 362 g/mol. The summed E-state index contributed by atoms with van der Waals surface area (Å²) in [7, 11) is 0. The number of amides is 2. The molecule has 2 aromatic rings. The third-order valence-corrected chi connectivity index (χ3v) is 6.93. The molecule has 0 N–H and O–H groups in total. The Bertz CT molecular complexity index is 887.